The van der Waals surface area contributed by atoms with E-state index in [4.69, 9.17) is 11.5 Å². The molecule has 38 heavy (non-hydrogen) atoms. The van der Waals surface area contributed by atoms with E-state index < -0.39 is 54.0 Å². The van der Waals surface area contributed by atoms with Gasteiger partial charge in [-0.1, -0.05) is 18.2 Å². The van der Waals surface area contributed by atoms with Crippen molar-refractivity contribution in [2.75, 3.05) is 13.1 Å². The van der Waals surface area contributed by atoms with Crippen LogP contribution < -0.4 is 22.1 Å². The number of benzene rings is 1. The third kappa shape index (κ3) is 7.09. The zero-order valence-corrected chi connectivity index (χ0v) is 21.6. The van der Waals surface area contributed by atoms with Crippen molar-refractivity contribution in [3.8, 4) is 0 Å². The van der Waals surface area contributed by atoms with Gasteiger partial charge in [-0.2, -0.15) is 0 Å². The van der Waals surface area contributed by atoms with Crippen molar-refractivity contribution in [3.63, 3.8) is 0 Å². The van der Waals surface area contributed by atoms with Gasteiger partial charge < -0.3 is 42.2 Å². The molecule has 1 aliphatic heterocycles. The predicted octanol–water partition coefficient (Wildman–Crippen LogP) is -0.407. The molecule has 2 aromatic rings. The van der Waals surface area contributed by atoms with E-state index in [2.05, 4.69) is 15.6 Å². The molecule has 1 aliphatic rings. The van der Waals surface area contributed by atoms with E-state index >= 15 is 0 Å². The monoisotopic (exact) mass is 530 g/mol. The SMILES string of the molecule is CC(O)C(N)C(=O)NC(CCCCN)C(=O)NC(Cc1c[nH]c2ccccc12)C(=O)N1CCCC1C(=O)O. The molecule has 5 unspecified atom stereocenters. The molecule has 5 atom stereocenters. The van der Waals surface area contributed by atoms with Crippen LogP contribution >= 0.6 is 0 Å². The molecule has 1 saturated heterocycles. The average Bonchev–Trinajstić information content (AvgIpc) is 3.54. The number of hydrogen-bond donors (Lipinski definition) is 7. The maximum Gasteiger partial charge on any atom is 0.326 e. The number of para-hydroxylation sites is 1. The zero-order valence-electron chi connectivity index (χ0n) is 21.6. The summed E-state index contributed by atoms with van der Waals surface area (Å²) in [7, 11) is 0. The van der Waals surface area contributed by atoms with Gasteiger partial charge in [-0.25, -0.2) is 4.79 Å². The van der Waals surface area contributed by atoms with Crippen LogP contribution in [-0.4, -0.2) is 87.1 Å². The Morgan fingerprint density at radius 2 is 1.84 bits per heavy atom. The standard InChI is InChI=1S/C26H38N6O6/c1-15(33)22(28)24(35)30-19(9-4-5-11-27)23(34)31-20(25(36)32-12-6-10-21(32)26(37)38)13-16-14-29-18-8-3-2-7-17(16)18/h2-3,7-8,14-15,19-22,29,33H,4-6,9-13,27-28H2,1H3,(H,30,35)(H,31,34)(H,37,38). The Morgan fingerprint density at radius 3 is 2.53 bits per heavy atom. The normalized spacial score (nSPS) is 18.5. The summed E-state index contributed by atoms with van der Waals surface area (Å²) in [6.45, 7) is 2.05. The highest BCUT2D eigenvalue weighted by atomic mass is 16.4. The lowest BCUT2D eigenvalue weighted by molar-refractivity contribution is -0.149. The molecule has 3 rings (SSSR count). The van der Waals surface area contributed by atoms with Crippen molar-refractivity contribution < 1.29 is 29.4 Å². The van der Waals surface area contributed by atoms with E-state index in [0.29, 0.717) is 32.2 Å². The highest BCUT2D eigenvalue weighted by Gasteiger charge is 2.38. The number of carboxylic acids is 1. The highest BCUT2D eigenvalue weighted by molar-refractivity contribution is 5.95. The van der Waals surface area contributed by atoms with Crippen molar-refractivity contribution >= 4 is 34.6 Å². The number of aliphatic carboxylic acids is 1. The molecule has 9 N–H and O–H groups in total. The molecule has 0 radical (unpaired) electrons. The number of carbonyl (C=O) groups is 4. The molecule has 1 fully saturated rings. The van der Waals surface area contributed by atoms with E-state index in [9.17, 15) is 29.4 Å². The van der Waals surface area contributed by atoms with E-state index in [1.807, 2.05) is 24.3 Å². The smallest absolute Gasteiger partial charge is 0.326 e. The van der Waals surface area contributed by atoms with Gasteiger partial charge in [0.1, 0.15) is 24.2 Å². The molecule has 12 nitrogen and oxygen atoms in total. The van der Waals surface area contributed by atoms with Gasteiger partial charge in [0, 0.05) is 30.1 Å². The minimum atomic E-state index is -1.23. The number of nitrogens with one attached hydrogen (secondary N) is 3. The lowest BCUT2D eigenvalue weighted by Crippen LogP contribution is -2.58. The molecule has 208 valence electrons. The van der Waals surface area contributed by atoms with Crippen molar-refractivity contribution in [1.82, 2.24) is 20.5 Å². The number of aromatic nitrogens is 1. The van der Waals surface area contributed by atoms with Gasteiger partial charge >= 0.3 is 5.97 Å². The molecule has 3 amide bonds. The minimum Gasteiger partial charge on any atom is -0.480 e. The van der Waals surface area contributed by atoms with E-state index in [1.54, 1.807) is 6.20 Å². The Hall–Kier alpha value is -3.48. The molecular weight excluding hydrogens is 492 g/mol. The number of hydrogen-bond acceptors (Lipinski definition) is 7. The minimum absolute atomic E-state index is 0.119. The number of likely N-dealkylation sites (tertiary alicyclic amines) is 1. The maximum atomic E-state index is 13.6. The summed E-state index contributed by atoms with van der Waals surface area (Å²) in [5.41, 5.74) is 13.0. The first-order valence-corrected chi connectivity index (χ1v) is 13.0. The van der Waals surface area contributed by atoms with Gasteiger partial charge in [0.2, 0.25) is 17.7 Å². The van der Waals surface area contributed by atoms with Crippen LogP contribution in [0.25, 0.3) is 10.9 Å². The van der Waals surface area contributed by atoms with E-state index in [1.165, 1.54) is 11.8 Å². The fourth-order valence-electron chi connectivity index (χ4n) is 4.73. The number of unbranched alkanes of at least 4 members (excludes halogenated alkanes) is 1. The second-order valence-electron chi connectivity index (χ2n) is 9.76. The number of rotatable bonds is 13. The average molecular weight is 531 g/mol. The number of fused-ring (bicyclic) bond motifs is 1. The van der Waals surface area contributed by atoms with Crippen LogP contribution in [0.2, 0.25) is 0 Å². The Bertz CT molecular complexity index is 1130. The quantitative estimate of drug-likeness (QED) is 0.169. The van der Waals surface area contributed by atoms with Gasteiger partial charge in [-0.3, -0.25) is 14.4 Å². The molecule has 1 aromatic carbocycles. The third-order valence-corrected chi connectivity index (χ3v) is 6.94. The lowest BCUT2D eigenvalue weighted by atomic mass is 10.0. The summed E-state index contributed by atoms with van der Waals surface area (Å²) in [5.74, 6) is -2.89. The fourth-order valence-corrected chi connectivity index (χ4v) is 4.73. The van der Waals surface area contributed by atoms with Crippen LogP contribution in [0.5, 0.6) is 0 Å². The fraction of sp³-hybridized carbons (Fsp3) is 0.538. The summed E-state index contributed by atoms with van der Waals surface area (Å²) < 4.78 is 0. The summed E-state index contributed by atoms with van der Waals surface area (Å²) >= 11 is 0. The van der Waals surface area contributed by atoms with Crippen molar-refractivity contribution in [1.29, 1.82) is 0 Å². The predicted molar refractivity (Wildman–Crippen MR) is 141 cm³/mol. The first-order valence-electron chi connectivity index (χ1n) is 13.0. The number of carbonyl (C=O) groups excluding carboxylic acids is 3. The Kier molecular flexibility index (Phi) is 10.2. The Balaban J connectivity index is 1.86. The number of nitrogens with zero attached hydrogens (tertiary/aromatic N) is 1. The molecule has 1 aromatic heterocycles. The van der Waals surface area contributed by atoms with Gasteiger partial charge in [0.25, 0.3) is 0 Å². The van der Waals surface area contributed by atoms with Crippen molar-refractivity contribution in [2.24, 2.45) is 11.5 Å². The summed E-state index contributed by atoms with van der Waals surface area (Å²) in [4.78, 5) is 55.8. The van der Waals surface area contributed by atoms with Crippen molar-refractivity contribution in [3.05, 3.63) is 36.0 Å². The Morgan fingerprint density at radius 1 is 1.13 bits per heavy atom. The van der Waals surface area contributed by atoms with Crippen molar-refractivity contribution in [2.45, 2.75) is 75.7 Å². The number of nitrogens with two attached hydrogens (primary N) is 2. The van der Waals surface area contributed by atoms with Crippen LogP contribution in [0.15, 0.2) is 30.5 Å². The molecule has 0 spiro atoms. The van der Waals surface area contributed by atoms with Crippen LogP contribution in [0.1, 0.15) is 44.6 Å². The molecule has 12 heteroatoms. The molecule has 2 heterocycles. The Labute approximate surface area is 221 Å². The number of H-pyrrole nitrogens is 1. The number of aliphatic hydroxyl groups is 1. The zero-order chi connectivity index (χ0) is 27.8. The van der Waals surface area contributed by atoms with Crippen LogP contribution in [0.4, 0.5) is 0 Å². The van der Waals surface area contributed by atoms with Gasteiger partial charge in [-0.15, -0.1) is 0 Å². The highest BCUT2D eigenvalue weighted by Crippen LogP contribution is 2.23. The first-order chi connectivity index (χ1) is 18.1. The number of carboxylic acid groups (broad SMARTS) is 1. The summed E-state index contributed by atoms with van der Waals surface area (Å²) in [6.07, 6.45) is 3.04. The summed E-state index contributed by atoms with van der Waals surface area (Å²) in [5, 5.41) is 25.6. The largest absolute Gasteiger partial charge is 0.480 e. The maximum absolute atomic E-state index is 13.6. The van der Waals surface area contributed by atoms with Gasteiger partial charge in [0.05, 0.1) is 6.10 Å². The second-order valence-corrected chi connectivity index (χ2v) is 9.76. The molecule has 0 bridgehead atoms. The van der Waals surface area contributed by atoms with E-state index in [-0.39, 0.29) is 19.4 Å². The van der Waals surface area contributed by atoms with E-state index in [0.717, 1.165) is 16.5 Å². The molecule has 0 saturated carbocycles. The number of aliphatic hydroxyl groups excluding tert-OH is 1. The van der Waals surface area contributed by atoms with Gasteiger partial charge in [0.15, 0.2) is 0 Å². The van der Waals surface area contributed by atoms with Crippen LogP contribution in [0, 0.1) is 0 Å². The first kappa shape index (κ1) is 29.1. The molecule has 0 aliphatic carbocycles. The van der Waals surface area contributed by atoms with Crippen LogP contribution in [-0.2, 0) is 25.6 Å². The van der Waals surface area contributed by atoms with Gasteiger partial charge in [-0.05, 0) is 57.2 Å². The second kappa shape index (κ2) is 13.4. The van der Waals surface area contributed by atoms with Crippen LogP contribution in [0.3, 0.4) is 0 Å². The molecular formula is C26H38N6O6. The number of amides is 3. The lowest BCUT2D eigenvalue weighted by Gasteiger charge is -2.29. The summed E-state index contributed by atoms with van der Waals surface area (Å²) in [6, 6.07) is 3.24. The topological polar surface area (TPSA) is 204 Å². The third-order valence-electron chi connectivity index (χ3n) is 6.94. The number of aromatic amines is 1.